The monoisotopic (exact) mass is 217 g/mol. The summed E-state index contributed by atoms with van der Waals surface area (Å²) in [4.78, 5) is 24.9. The number of carboxylic acid groups (broad SMARTS) is 1. The number of primary amides is 1. The summed E-state index contributed by atoms with van der Waals surface area (Å²) >= 11 is 0. The lowest BCUT2D eigenvalue weighted by atomic mass is 10.2. The highest BCUT2D eigenvalue weighted by atomic mass is 16.4. The molecular formula is C9H19N3O3. The van der Waals surface area contributed by atoms with Crippen LogP contribution in [0, 0.1) is 5.92 Å². The van der Waals surface area contributed by atoms with Crippen LogP contribution in [0.3, 0.4) is 0 Å². The summed E-state index contributed by atoms with van der Waals surface area (Å²) < 4.78 is 0. The predicted molar refractivity (Wildman–Crippen MR) is 56.5 cm³/mol. The second-order valence-electron chi connectivity index (χ2n) is 3.83. The van der Waals surface area contributed by atoms with Gasteiger partial charge in [-0.05, 0) is 14.1 Å². The highest BCUT2D eigenvalue weighted by molar-refractivity contribution is 5.74. The number of aliphatic carboxylic acids is 1. The standard InChI is InChI=1S/C9H19N3O3/c1-7(8(13)14)6-12(9(10)15)5-4-11(2)3/h7H,4-6H2,1-3H3,(H2,10,15)(H,13,14). The van der Waals surface area contributed by atoms with E-state index in [4.69, 9.17) is 10.8 Å². The highest BCUT2D eigenvalue weighted by Gasteiger charge is 2.18. The van der Waals surface area contributed by atoms with Gasteiger partial charge in [-0.15, -0.1) is 0 Å². The average molecular weight is 217 g/mol. The zero-order chi connectivity index (χ0) is 12.0. The Hall–Kier alpha value is -1.30. The van der Waals surface area contributed by atoms with Crippen molar-refractivity contribution in [3.05, 3.63) is 0 Å². The number of rotatable bonds is 6. The van der Waals surface area contributed by atoms with E-state index in [2.05, 4.69) is 0 Å². The molecule has 0 aromatic heterocycles. The van der Waals surface area contributed by atoms with Crippen LogP contribution in [0.25, 0.3) is 0 Å². The van der Waals surface area contributed by atoms with Crippen molar-refractivity contribution < 1.29 is 14.7 Å². The molecule has 0 radical (unpaired) electrons. The van der Waals surface area contributed by atoms with Gasteiger partial charge in [0, 0.05) is 19.6 Å². The Balaban J connectivity index is 4.16. The molecule has 0 aliphatic carbocycles. The molecule has 0 aliphatic rings. The van der Waals surface area contributed by atoms with E-state index >= 15 is 0 Å². The van der Waals surface area contributed by atoms with E-state index in [1.807, 2.05) is 19.0 Å². The van der Waals surface area contributed by atoms with Gasteiger partial charge in [-0.2, -0.15) is 0 Å². The Morgan fingerprint density at radius 3 is 2.20 bits per heavy atom. The summed E-state index contributed by atoms with van der Waals surface area (Å²) in [6, 6.07) is -0.579. The minimum Gasteiger partial charge on any atom is -0.481 e. The number of hydrogen-bond acceptors (Lipinski definition) is 3. The van der Waals surface area contributed by atoms with Gasteiger partial charge >= 0.3 is 12.0 Å². The lowest BCUT2D eigenvalue weighted by Crippen LogP contribution is -2.43. The number of carboxylic acids is 1. The molecular weight excluding hydrogens is 198 g/mol. The number of urea groups is 1. The number of likely N-dealkylation sites (N-methyl/N-ethyl adjacent to an activating group) is 1. The molecule has 0 aliphatic heterocycles. The normalized spacial score (nSPS) is 12.5. The smallest absolute Gasteiger partial charge is 0.314 e. The van der Waals surface area contributed by atoms with Gasteiger partial charge in [0.15, 0.2) is 0 Å². The molecule has 0 rings (SSSR count). The zero-order valence-electron chi connectivity index (χ0n) is 9.43. The Labute approximate surface area is 89.6 Å². The fraction of sp³-hybridized carbons (Fsp3) is 0.778. The van der Waals surface area contributed by atoms with Gasteiger partial charge in [-0.1, -0.05) is 6.92 Å². The van der Waals surface area contributed by atoms with E-state index in [0.29, 0.717) is 13.1 Å². The first-order valence-electron chi connectivity index (χ1n) is 4.76. The maximum atomic E-state index is 11.0. The minimum absolute atomic E-state index is 0.151. The molecule has 88 valence electrons. The highest BCUT2D eigenvalue weighted by Crippen LogP contribution is 2.00. The predicted octanol–water partition coefficient (Wildman–Crippen LogP) is -0.351. The van der Waals surface area contributed by atoms with Gasteiger partial charge in [0.1, 0.15) is 0 Å². The quantitative estimate of drug-likeness (QED) is 0.636. The number of nitrogens with zero attached hydrogens (tertiary/aromatic N) is 2. The topological polar surface area (TPSA) is 86.9 Å². The molecule has 0 saturated carbocycles. The average Bonchev–Trinajstić information content (AvgIpc) is 2.10. The summed E-state index contributed by atoms with van der Waals surface area (Å²) in [5.41, 5.74) is 5.15. The molecule has 1 atom stereocenters. The number of amides is 2. The third kappa shape index (κ3) is 5.90. The Bertz CT molecular complexity index is 231. The number of carbonyl (C=O) groups excluding carboxylic acids is 1. The molecule has 0 saturated heterocycles. The van der Waals surface area contributed by atoms with Crippen LogP contribution in [0.5, 0.6) is 0 Å². The Morgan fingerprint density at radius 1 is 1.33 bits per heavy atom. The van der Waals surface area contributed by atoms with Crippen molar-refractivity contribution in [3.8, 4) is 0 Å². The Morgan fingerprint density at radius 2 is 1.87 bits per heavy atom. The van der Waals surface area contributed by atoms with Crippen molar-refractivity contribution >= 4 is 12.0 Å². The van der Waals surface area contributed by atoms with Gasteiger partial charge in [0.05, 0.1) is 5.92 Å². The summed E-state index contributed by atoms with van der Waals surface area (Å²) in [7, 11) is 3.75. The van der Waals surface area contributed by atoms with E-state index in [1.54, 1.807) is 6.92 Å². The van der Waals surface area contributed by atoms with Crippen molar-refractivity contribution in [2.75, 3.05) is 33.7 Å². The lowest BCUT2D eigenvalue weighted by molar-refractivity contribution is -0.141. The van der Waals surface area contributed by atoms with Crippen molar-refractivity contribution in [2.45, 2.75) is 6.92 Å². The summed E-state index contributed by atoms with van der Waals surface area (Å²) in [5.74, 6) is -1.52. The maximum absolute atomic E-state index is 11.0. The fourth-order valence-electron chi connectivity index (χ4n) is 1.02. The SMILES string of the molecule is CC(CN(CCN(C)C)C(N)=O)C(=O)O. The molecule has 2 amide bonds. The molecule has 6 nitrogen and oxygen atoms in total. The van der Waals surface area contributed by atoms with Crippen LogP contribution in [-0.2, 0) is 4.79 Å². The summed E-state index contributed by atoms with van der Waals surface area (Å²) in [6.07, 6.45) is 0. The van der Waals surface area contributed by atoms with Gasteiger partial charge in [-0.25, -0.2) is 4.79 Å². The molecule has 0 spiro atoms. The molecule has 6 heteroatoms. The van der Waals surface area contributed by atoms with E-state index in [9.17, 15) is 9.59 Å². The van der Waals surface area contributed by atoms with Crippen LogP contribution in [0.1, 0.15) is 6.92 Å². The fourth-order valence-corrected chi connectivity index (χ4v) is 1.02. The minimum atomic E-state index is -0.925. The molecule has 0 bridgehead atoms. The first-order chi connectivity index (χ1) is 6.84. The van der Waals surface area contributed by atoms with Crippen molar-refractivity contribution in [2.24, 2.45) is 11.7 Å². The first kappa shape index (κ1) is 13.7. The maximum Gasteiger partial charge on any atom is 0.314 e. The van der Waals surface area contributed by atoms with Gasteiger partial charge in [0.25, 0.3) is 0 Å². The molecule has 0 aromatic rings. The van der Waals surface area contributed by atoms with E-state index < -0.39 is 17.9 Å². The lowest BCUT2D eigenvalue weighted by Gasteiger charge is -2.23. The summed E-state index contributed by atoms with van der Waals surface area (Å²) in [6.45, 7) is 2.81. The molecule has 15 heavy (non-hydrogen) atoms. The van der Waals surface area contributed by atoms with Crippen LogP contribution in [0.2, 0.25) is 0 Å². The van der Waals surface area contributed by atoms with E-state index in [1.165, 1.54) is 4.90 Å². The van der Waals surface area contributed by atoms with E-state index in [-0.39, 0.29) is 6.54 Å². The van der Waals surface area contributed by atoms with Crippen molar-refractivity contribution in [1.82, 2.24) is 9.80 Å². The van der Waals surface area contributed by atoms with Crippen LogP contribution < -0.4 is 5.73 Å². The number of hydrogen-bond donors (Lipinski definition) is 2. The Kier molecular flexibility index (Phi) is 5.69. The second kappa shape index (κ2) is 6.23. The molecule has 0 aromatic carbocycles. The zero-order valence-corrected chi connectivity index (χ0v) is 9.43. The van der Waals surface area contributed by atoms with Crippen LogP contribution in [-0.4, -0.2) is 60.6 Å². The summed E-state index contributed by atoms with van der Waals surface area (Å²) in [5, 5.41) is 8.70. The van der Waals surface area contributed by atoms with Crippen molar-refractivity contribution in [3.63, 3.8) is 0 Å². The third-order valence-corrected chi connectivity index (χ3v) is 2.04. The third-order valence-electron chi connectivity index (χ3n) is 2.04. The van der Waals surface area contributed by atoms with Gasteiger partial charge < -0.3 is 20.6 Å². The van der Waals surface area contributed by atoms with Gasteiger partial charge in [0.2, 0.25) is 0 Å². The van der Waals surface area contributed by atoms with Crippen LogP contribution in [0.15, 0.2) is 0 Å². The van der Waals surface area contributed by atoms with Crippen LogP contribution in [0.4, 0.5) is 4.79 Å². The van der Waals surface area contributed by atoms with Gasteiger partial charge in [-0.3, -0.25) is 4.79 Å². The van der Waals surface area contributed by atoms with E-state index in [0.717, 1.165) is 0 Å². The number of nitrogens with two attached hydrogens (primary N) is 1. The molecule has 0 heterocycles. The van der Waals surface area contributed by atoms with Crippen molar-refractivity contribution in [1.29, 1.82) is 0 Å². The molecule has 1 unspecified atom stereocenters. The molecule has 3 N–H and O–H groups in total. The largest absolute Gasteiger partial charge is 0.481 e. The first-order valence-corrected chi connectivity index (χ1v) is 4.76. The second-order valence-corrected chi connectivity index (χ2v) is 3.83. The number of carbonyl (C=O) groups is 2. The van der Waals surface area contributed by atoms with Crippen LogP contribution >= 0.6 is 0 Å². The molecule has 0 fully saturated rings.